The van der Waals surface area contributed by atoms with Crippen LogP contribution in [-0.2, 0) is 20.8 Å². The van der Waals surface area contributed by atoms with Gasteiger partial charge >= 0.3 is 12.0 Å². The summed E-state index contributed by atoms with van der Waals surface area (Å²) in [5.41, 5.74) is 0.268. The van der Waals surface area contributed by atoms with Crippen molar-refractivity contribution < 1.29 is 33.0 Å². The molecular weight excluding hydrogens is 380 g/mol. The third-order valence-corrected chi connectivity index (χ3v) is 4.14. The Morgan fingerprint density at radius 2 is 1.97 bits per heavy atom. The molecule has 2 aromatic rings. The molecule has 154 valence electrons. The average molecular weight is 402 g/mol. The van der Waals surface area contributed by atoms with Gasteiger partial charge in [0, 0.05) is 6.61 Å². The number of hydrogen-bond acceptors (Lipinski definition) is 7. The molecule has 2 heterocycles. The number of furan rings is 1. The second kappa shape index (κ2) is 10.3. The Balaban J connectivity index is 1.35. The Labute approximate surface area is 167 Å². The number of nitrogens with one attached hydrogen (secondary N) is 2. The molecule has 9 nitrogen and oxygen atoms in total. The highest BCUT2D eigenvalue weighted by atomic mass is 16.5. The Morgan fingerprint density at radius 3 is 2.66 bits per heavy atom. The van der Waals surface area contributed by atoms with Gasteiger partial charge in [0.15, 0.2) is 6.61 Å². The normalized spacial score (nSPS) is 15.5. The minimum Gasteiger partial charge on any atom is -0.491 e. The van der Waals surface area contributed by atoms with E-state index >= 15 is 0 Å². The van der Waals surface area contributed by atoms with Gasteiger partial charge in [0.25, 0.3) is 5.91 Å². The summed E-state index contributed by atoms with van der Waals surface area (Å²) in [6.07, 6.45) is 3.60. The van der Waals surface area contributed by atoms with E-state index in [1.165, 1.54) is 6.26 Å². The first-order valence-electron chi connectivity index (χ1n) is 9.22. The number of carbonyl (C=O) groups excluding carboxylic acids is 3. The van der Waals surface area contributed by atoms with E-state index in [9.17, 15) is 14.4 Å². The Morgan fingerprint density at radius 1 is 1.14 bits per heavy atom. The van der Waals surface area contributed by atoms with E-state index in [2.05, 4.69) is 10.6 Å². The Kier molecular flexibility index (Phi) is 7.23. The van der Waals surface area contributed by atoms with Gasteiger partial charge in [-0.3, -0.25) is 10.1 Å². The van der Waals surface area contributed by atoms with E-state index in [1.807, 2.05) is 0 Å². The first-order chi connectivity index (χ1) is 14.1. The number of imide groups is 1. The molecule has 3 rings (SSSR count). The highest BCUT2D eigenvalue weighted by molar-refractivity contribution is 5.97. The van der Waals surface area contributed by atoms with Gasteiger partial charge in [-0.25, -0.2) is 9.59 Å². The van der Waals surface area contributed by atoms with Crippen LogP contribution >= 0.6 is 0 Å². The number of hydrogen-bond donors (Lipinski definition) is 2. The van der Waals surface area contributed by atoms with E-state index in [0.717, 1.165) is 19.4 Å². The standard InChI is InChI=1S/C20H22N2O7/c23-18(22-20(25)21-11-16-3-1-9-26-16)13-29-19(24)14-5-7-15(8-6-14)28-12-17-4-2-10-27-17/h1,3,5-9,17H,2,4,10-13H2,(H2,21,22,23,25)/t17-/m1/s1. The maximum Gasteiger partial charge on any atom is 0.338 e. The fourth-order valence-electron chi connectivity index (χ4n) is 2.65. The van der Waals surface area contributed by atoms with Crippen molar-refractivity contribution in [2.45, 2.75) is 25.5 Å². The lowest BCUT2D eigenvalue weighted by Gasteiger charge is -2.11. The van der Waals surface area contributed by atoms with E-state index in [0.29, 0.717) is 18.1 Å². The van der Waals surface area contributed by atoms with Crippen molar-refractivity contribution in [3.63, 3.8) is 0 Å². The van der Waals surface area contributed by atoms with Gasteiger partial charge in [-0.1, -0.05) is 0 Å². The minimum atomic E-state index is -0.744. The lowest BCUT2D eigenvalue weighted by Crippen LogP contribution is -2.41. The van der Waals surface area contributed by atoms with Gasteiger partial charge < -0.3 is 23.9 Å². The van der Waals surface area contributed by atoms with Crippen molar-refractivity contribution in [1.82, 2.24) is 10.6 Å². The zero-order valence-corrected chi connectivity index (χ0v) is 15.7. The lowest BCUT2D eigenvalue weighted by atomic mass is 10.2. The molecule has 0 unspecified atom stereocenters. The molecule has 0 bridgehead atoms. The third kappa shape index (κ3) is 6.65. The van der Waals surface area contributed by atoms with Crippen LogP contribution < -0.4 is 15.4 Å². The van der Waals surface area contributed by atoms with Crippen LogP contribution in [0.1, 0.15) is 29.0 Å². The molecule has 2 N–H and O–H groups in total. The minimum absolute atomic E-state index is 0.106. The van der Waals surface area contributed by atoms with Gasteiger partial charge in [-0.15, -0.1) is 0 Å². The van der Waals surface area contributed by atoms with Crippen molar-refractivity contribution in [3.05, 3.63) is 54.0 Å². The van der Waals surface area contributed by atoms with E-state index in [4.69, 9.17) is 18.6 Å². The quantitative estimate of drug-likeness (QED) is 0.649. The number of esters is 1. The summed E-state index contributed by atoms with van der Waals surface area (Å²) in [4.78, 5) is 35.3. The molecule has 1 atom stereocenters. The number of benzene rings is 1. The summed E-state index contributed by atoms with van der Waals surface area (Å²) in [5.74, 6) is -0.265. The van der Waals surface area contributed by atoms with Crippen LogP contribution in [0, 0.1) is 0 Å². The second-order valence-corrected chi connectivity index (χ2v) is 6.36. The molecule has 0 aliphatic carbocycles. The van der Waals surface area contributed by atoms with Crippen molar-refractivity contribution >= 4 is 17.9 Å². The van der Waals surface area contributed by atoms with E-state index in [1.54, 1.807) is 36.4 Å². The smallest absolute Gasteiger partial charge is 0.338 e. The summed E-state index contributed by atoms with van der Waals surface area (Å²) in [6.45, 7) is 0.779. The molecule has 1 aliphatic rings. The molecule has 1 aliphatic heterocycles. The lowest BCUT2D eigenvalue weighted by molar-refractivity contribution is -0.123. The first-order valence-corrected chi connectivity index (χ1v) is 9.22. The van der Waals surface area contributed by atoms with Crippen LogP contribution in [0.15, 0.2) is 47.1 Å². The maximum absolute atomic E-state index is 12.0. The summed E-state index contributed by atoms with van der Waals surface area (Å²) < 4.78 is 21.1. The monoisotopic (exact) mass is 402 g/mol. The van der Waals surface area contributed by atoms with Crippen LogP contribution in [0.4, 0.5) is 4.79 Å². The topological polar surface area (TPSA) is 116 Å². The maximum atomic E-state index is 12.0. The molecule has 9 heteroatoms. The number of urea groups is 1. The molecular formula is C20H22N2O7. The molecule has 3 amide bonds. The van der Waals surface area contributed by atoms with Crippen LogP contribution in [0.5, 0.6) is 5.75 Å². The summed E-state index contributed by atoms with van der Waals surface area (Å²) >= 11 is 0. The fourth-order valence-corrected chi connectivity index (χ4v) is 2.65. The predicted octanol–water partition coefficient (Wildman–Crippen LogP) is 2.02. The molecule has 1 aromatic carbocycles. The number of rotatable bonds is 8. The number of amides is 3. The summed E-state index contributed by atoms with van der Waals surface area (Å²) in [7, 11) is 0. The summed E-state index contributed by atoms with van der Waals surface area (Å²) in [5, 5.41) is 4.51. The van der Waals surface area contributed by atoms with Crippen molar-refractivity contribution in [2.75, 3.05) is 19.8 Å². The third-order valence-electron chi connectivity index (χ3n) is 4.14. The van der Waals surface area contributed by atoms with Crippen LogP contribution in [0.3, 0.4) is 0 Å². The molecule has 0 saturated carbocycles. The van der Waals surface area contributed by atoms with Crippen LogP contribution in [-0.4, -0.2) is 43.8 Å². The largest absolute Gasteiger partial charge is 0.491 e. The summed E-state index contributed by atoms with van der Waals surface area (Å²) in [6, 6.07) is 9.03. The molecule has 29 heavy (non-hydrogen) atoms. The van der Waals surface area contributed by atoms with Gasteiger partial charge in [0.05, 0.1) is 24.5 Å². The number of carbonyl (C=O) groups is 3. The first kappa shape index (κ1) is 20.4. The zero-order valence-electron chi connectivity index (χ0n) is 15.7. The molecule has 0 radical (unpaired) electrons. The molecule has 1 aromatic heterocycles. The van der Waals surface area contributed by atoms with Gasteiger partial charge in [0.2, 0.25) is 0 Å². The molecule has 0 spiro atoms. The Hall–Kier alpha value is -3.33. The van der Waals surface area contributed by atoms with E-state index < -0.39 is 24.5 Å². The van der Waals surface area contributed by atoms with Crippen molar-refractivity contribution in [2.24, 2.45) is 0 Å². The average Bonchev–Trinajstić information content (AvgIpc) is 3.43. The second-order valence-electron chi connectivity index (χ2n) is 6.36. The van der Waals surface area contributed by atoms with Crippen molar-refractivity contribution in [1.29, 1.82) is 0 Å². The van der Waals surface area contributed by atoms with Crippen LogP contribution in [0.2, 0.25) is 0 Å². The Bertz CT molecular complexity index is 812. The van der Waals surface area contributed by atoms with Gasteiger partial charge in [-0.2, -0.15) is 0 Å². The van der Waals surface area contributed by atoms with Gasteiger partial charge in [-0.05, 0) is 49.2 Å². The van der Waals surface area contributed by atoms with Gasteiger partial charge in [0.1, 0.15) is 18.1 Å². The number of ether oxygens (including phenoxy) is 3. The highest BCUT2D eigenvalue weighted by Crippen LogP contribution is 2.17. The van der Waals surface area contributed by atoms with Crippen LogP contribution in [0.25, 0.3) is 0 Å². The predicted molar refractivity (Wildman–Crippen MR) is 100 cm³/mol. The fraction of sp³-hybridized carbons (Fsp3) is 0.350. The molecule has 1 fully saturated rings. The SMILES string of the molecule is O=C(COC(=O)c1ccc(OC[C@H]2CCCO2)cc1)NC(=O)NCc1ccco1. The zero-order chi connectivity index (χ0) is 20.5. The van der Waals surface area contributed by atoms with E-state index in [-0.39, 0.29) is 18.2 Å². The highest BCUT2D eigenvalue weighted by Gasteiger charge is 2.16. The van der Waals surface area contributed by atoms with Crippen molar-refractivity contribution in [3.8, 4) is 5.75 Å². The molecule has 1 saturated heterocycles.